The highest BCUT2D eigenvalue weighted by Crippen LogP contribution is 2.21. The van der Waals surface area contributed by atoms with Gasteiger partial charge in [-0.3, -0.25) is 0 Å². The molecule has 4 N–H and O–H groups in total. The number of carbonyl (C=O) groups is 1. The number of carboxylic acids is 1. The van der Waals surface area contributed by atoms with Gasteiger partial charge in [0.05, 0.1) is 0 Å². The van der Waals surface area contributed by atoms with Crippen molar-refractivity contribution in [3.05, 3.63) is 29.5 Å². The smallest absolute Gasteiger partial charge is 0.339 e. The normalized spacial score (nSPS) is 15.6. The topological polar surface area (TPSA) is 88.2 Å². The summed E-state index contributed by atoms with van der Waals surface area (Å²) >= 11 is 0. The van der Waals surface area contributed by atoms with Crippen LogP contribution in [0.2, 0.25) is 0 Å². The van der Waals surface area contributed by atoms with Crippen LogP contribution in [0.15, 0.2) is 18.3 Å². The number of hydrogen-bond acceptors (Lipinski definition) is 4. The van der Waals surface area contributed by atoms with E-state index in [4.69, 9.17) is 10.8 Å². The summed E-state index contributed by atoms with van der Waals surface area (Å²) in [6.07, 6.45) is 4.55. The summed E-state index contributed by atoms with van der Waals surface area (Å²) < 4.78 is 0. The van der Waals surface area contributed by atoms with E-state index in [0.717, 1.165) is 30.6 Å². The van der Waals surface area contributed by atoms with Crippen LogP contribution in [0, 0.1) is 0 Å². The second-order valence-corrected chi connectivity index (χ2v) is 3.65. The summed E-state index contributed by atoms with van der Waals surface area (Å²) in [4.78, 5) is 14.8. The van der Waals surface area contributed by atoms with E-state index < -0.39 is 5.97 Å². The molecule has 0 aliphatic carbocycles. The molecule has 0 fully saturated rings. The highest BCUT2D eigenvalue weighted by molar-refractivity contribution is 5.93. The van der Waals surface area contributed by atoms with E-state index in [0.29, 0.717) is 0 Å². The van der Waals surface area contributed by atoms with Crippen LogP contribution in [-0.2, 0) is 0 Å². The number of aromatic carboxylic acids is 1. The van der Waals surface area contributed by atoms with Gasteiger partial charge >= 0.3 is 5.97 Å². The van der Waals surface area contributed by atoms with Crippen LogP contribution >= 0.6 is 0 Å². The van der Waals surface area contributed by atoms with Gasteiger partial charge in [-0.05, 0) is 30.2 Å². The standard InChI is InChI=1S/C11H13N3O2/c12-10-9(11(15)16)5-8(6-14-10)7-1-3-13-4-2-7/h1,5-6,13H,2-4H2,(H2,12,14)(H,15,16). The van der Waals surface area contributed by atoms with E-state index in [-0.39, 0.29) is 11.4 Å². The molecule has 1 aliphatic heterocycles. The zero-order valence-electron chi connectivity index (χ0n) is 8.73. The molecular formula is C11H13N3O2. The predicted molar refractivity (Wildman–Crippen MR) is 61.1 cm³/mol. The number of pyridine rings is 1. The van der Waals surface area contributed by atoms with Crippen LogP contribution in [0.5, 0.6) is 0 Å². The summed E-state index contributed by atoms with van der Waals surface area (Å²) in [7, 11) is 0. The highest BCUT2D eigenvalue weighted by Gasteiger charge is 2.13. The van der Waals surface area contributed by atoms with Crippen molar-refractivity contribution >= 4 is 17.4 Å². The molecule has 5 nitrogen and oxygen atoms in total. The van der Waals surface area contributed by atoms with Crippen LogP contribution in [0.1, 0.15) is 22.3 Å². The molecule has 16 heavy (non-hydrogen) atoms. The summed E-state index contributed by atoms with van der Waals surface area (Å²) in [6.45, 7) is 1.71. The Morgan fingerprint density at radius 2 is 2.38 bits per heavy atom. The van der Waals surface area contributed by atoms with E-state index in [2.05, 4.69) is 10.3 Å². The molecule has 84 valence electrons. The molecule has 0 saturated carbocycles. The number of hydrogen-bond donors (Lipinski definition) is 3. The Kier molecular flexibility index (Phi) is 2.87. The molecule has 0 aromatic carbocycles. The zero-order valence-corrected chi connectivity index (χ0v) is 8.73. The maximum absolute atomic E-state index is 10.9. The molecule has 1 aromatic heterocycles. The largest absolute Gasteiger partial charge is 0.478 e. The molecular weight excluding hydrogens is 206 g/mol. The SMILES string of the molecule is Nc1ncc(C2=CCNCC2)cc1C(=O)O. The third-order valence-corrected chi connectivity index (χ3v) is 2.58. The fraction of sp³-hybridized carbons (Fsp3) is 0.273. The highest BCUT2D eigenvalue weighted by atomic mass is 16.4. The fourth-order valence-electron chi connectivity index (χ4n) is 1.71. The Morgan fingerprint density at radius 3 is 3.00 bits per heavy atom. The van der Waals surface area contributed by atoms with Gasteiger partial charge in [0.15, 0.2) is 0 Å². The van der Waals surface area contributed by atoms with E-state index in [1.165, 1.54) is 0 Å². The Balaban J connectivity index is 2.39. The van der Waals surface area contributed by atoms with E-state index in [1.807, 2.05) is 6.08 Å². The van der Waals surface area contributed by atoms with Crippen LogP contribution in [0.4, 0.5) is 5.82 Å². The van der Waals surface area contributed by atoms with Gasteiger partial charge in [0, 0.05) is 12.7 Å². The van der Waals surface area contributed by atoms with Crippen LogP contribution in [0.25, 0.3) is 5.57 Å². The van der Waals surface area contributed by atoms with Gasteiger partial charge in [0.25, 0.3) is 0 Å². The van der Waals surface area contributed by atoms with E-state index in [1.54, 1.807) is 12.3 Å². The van der Waals surface area contributed by atoms with Gasteiger partial charge in [0.1, 0.15) is 11.4 Å². The average molecular weight is 219 g/mol. The second kappa shape index (κ2) is 4.32. The molecule has 0 radical (unpaired) electrons. The molecule has 2 heterocycles. The van der Waals surface area contributed by atoms with Gasteiger partial charge in [-0.25, -0.2) is 9.78 Å². The number of nitrogens with one attached hydrogen (secondary N) is 1. The van der Waals surface area contributed by atoms with Crippen molar-refractivity contribution < 1.29 is 9.90 Å². The van der Waals surface area contributed by atoms with Gasteiger partial charge in [-0.15, -0.1) is 0 Å². The second-order valence-electron chi connectivity index (χ2n) is 3.65. The summed E-state index contributed by atoms with van der Waals surface area (Å²) in [5.74, 6) is -0.979. The Morgan fingerprint density at radius 1 is 1.56 bits per heavy atom. The summed E-state index contributed by atoms with van der Waals surface area (Å²) in [5, 5.41) is 12.1. The average Bonchev–Trinajstić information content (AvgIpc) is 2.30. The minimum Gasteiger partial charge on any atom is -0.478 e. The van der Waals surface area contributed by atoms with Crippen LogP contribution in [-0.4, -0.2) is 29.1 Å². The van der Waals surface area contributed by atoms with E-state index in [9.17, 15) is 4.79 Å². The molecule has 0 saturated heterocycles. The van der Waals surface area contributed by atoms with Crippen LogP contribution in [0.3, 0.4) is 0 Å². The van der Waals surface area contributed by atoms with Gasteiger partial charge < -0.3 is 16.2 Å². The molecule has 0 bridgehead atoms. The number of carboxylic acid groups (broad SMARTS) is 1. The van der Waals surface area contributed by atoms with Crippen molar-refractivity contribution in [3.8, 4) is 0 Å². The molecule has 5 heteroatoms. The lowest BCUT2D eigenvalue weighted by molar-refractivity contribution is 0.0697. The quantitative estimate of drug-likeness (QED) is 0.682. The van der Waals surface area contributed by atoms with Crippen molar-refractivity contribution in [2.24, 2.45) is 0 Å². The Hall–Kier alpha value is -1.88. The first-order chi connectivity index (χ1) is 7.68. The Bertz CT molecular complexity index is 455. The number of nitrogens with zero attached hydrogens (tertiary/aromatic N) is 1. The number of aromatic nitrogens is 1. The molecule has 0 unspecified atom stereocenters. The summed E-state index contributed by atoms with van der Waals surface area (Å²) in [6, 6.07) is 1.59. The van der Waals surface area contributed by atoms with Gasteiger partial charge in [-0.2, -0.15) is 0 Å². The van der Waals surface area contributed by atoms with E-state index >= 15 is 0 Å². The molecule has 0 spiro atoms. The third-order valence-electron chi connectivity index (χ3n) is 2.58. The number of rotatable bonds is 2. The molecule has 2 rings (SSSR count). The first-order valence-electron chi connectivity index (χ1n) is 5.07. The fourth-order valence-corrected chi connectivity index (χ4v) is 1.71. The lowest BCUT2D eigenvalue weighted by Crippen LogP contribution is -2.20. The molecule has 0 atom stereocenters. The minimum atomic E-state index is -1.04. The van der Waals surface area contributed by atoms with Crippen molar-refractivity contribution in [1.82, 2.24) is 10.3 Å². The van der Waals surface area contributed by atoms with Crippen molar-refractivity contribution in [2.45, 2.75) is 6.42 Å². The number of nitrogens with two attached hydrogens (primary N) is 1. The van der Waals surface area contributed by atoms with Gasteiger partial charge in [0.2, 0.25) is 0 Å². The Labute approximate surface area is 93.0 Å². The molecule has 0 amide bonds. The third kappa shape index (κ3) is 2.04. The van der Waals surface area contributed by atoms with Gasteiger partial charge in [-0.1, -0.05) is 6.08 Å². The lowest BCUT2D eigenvalue weighted by atomic mass is 10.0. The number of nitrogen functional groups attached to an aromatic ring is 1. The zero-order chi connectivity index (χ0) is 11.5. The lowest BCUT2D eigenvalue weighted by Gasteiger charge is -2.14. The molecule has 1 aromatic rings. The first kappa shape index (κ1) is 10.6. The van der Waals surface area contributed by atoms with Crippen molar-refractivity contribution in [2.75, 3.05) is 18.8 Å². The molecule has 1 aliphatic rings. The predicted octanol–water partition coefficient (Wildman–Crippen LogP) is 0.739. The first-order valence-corrected chi connectivity index (χ1v) is 5.07. The van der Waals surface area contributed by atoms with Crippen molar-refractivity contribution in [3.63, 3.8) is 0 Å². The minimum absolute atomic E-state index is 0.0609. The number of anilines is 1. The van der Waals surface area contributed by atoms with Crippen LogP contribution < -0.4 is 11.1 Å². The maximum atomic E-state index is 10.9. The van der Waals surface area contributed by atoms with Crippen molar-refractivity contribution in [1.29, 1.82) is 0 Å². The summed E-state index contributed by atoms with van der Waals surface area (Å²) in [5.41, 5.74) is 7.52. The maximum Gasteiger partial charge on any atom is 0.339 e. The monoisotopic (exact) mass is 219 g/mol.